The van der Waals surface area contributed by atoms with Crippen molar-refractivity contribution in [3.05, 3.63) is 35.8 Å². The zero-order valence-corrected chi connectivity index (χ0v) is 10.0. The number of nitrogens with one attached hydrogen (secondary N) is 1. The molecule has 1 aliphatic rings. The number of rotatable bonds is 1. The fourth-order valence-corrected chi connectivity index (χ4v) is 2.88. The quantitative estimate of drug-likeness (QED) is 0.800. The van der Waals surface area contributed by atoms with E-state index in [0.717, 1.165) is 12.1 Å². The number of aromatic amines is 1. The summed E-state index contributed by atoms with van der Waals surface area (Å²) in [7, 11) is 2.17. The van der Waals surface area contributed by atoms with Crippen LogP contribution in [0, 0.1) is 5.82 Å². The van der Waals surface area contributed by atoms with Gasteiger partial charge >= 0.3 is 0 Å². The highest BCUT2D eigenvalue weighted by Gasteiger charge is 2.21. The van der Waals surface area contributed by atoms with E-state index in [9.17, 15) is 4.39 Å². The van der Waals surface area contributed by atoms with Gasteiger partial charge in [0.05, 0.1) is 0 Å². The minimum absolute atomic E-state index is 0.174. The van der Waals surface area contributed by atoms with Crippen molar-refractivity contribution in [2.45, 2.75) is 18.8 Å². The highest BCUT2D eigenvalue weighted by atomic mass is 19.1. The van der Waals surface area contributed by atoms with Gasteiger partial charge in [0.25, 0.3) is 0 Å². The first-order valence-corrected chi connectivity index (χ1v) is 6.19. The summed E-state index contributed by atoms with van der Waals surface area (Å²) in [5.41, 5.74) is 2.25. The molecule has 3 heteroatoms. The number of benzene rings is 1. The third kappa shape index (κ3) is 1.95. The van der Waals surface area contributed by atoms with Crippen LogP contribution in [0.2, 0.25) is 0 Å². The van der Waals surface area contributed by atoms with E-state index in [-0.39, 0.29) is 5.82 Å². The van der Waals surface area contributed by atoms with E-state index in [4.69, 9.17) is 0 Å². The second-order valence-electron chi connectivity index (χ2n) is 5.04. The Morgan fingerprint density at radius 1 is 1.41 bits per heavy atom. The summed E-state index contributed by atoms with van der Waals surface area (Å²) in [6.07, 6.45) is 4.53. The van der Waals surface area contributed by atoms with Gasteiger partial charge in [-0.3, -0.25) is 0 Å². The third-order valence-electron chi connectivity index (χ3n) is 3.74. The summed E-state index contributed by atoms with van der Waals surface area (Å²) in [6.45, 7) is 2.29. The van der Waals surface area contributed by atoms with E-state index >= 15 is 0 Å². The fraction of sp³-hybridized carbons (Fsp3) is 0.429. The molecule has 1 aromatic carbocycles. The van der Waals surface area contributed by atoms with Crippen LogP contribution >= 0.6 is 0 Å². The molecule has 2 aromatic rings. The number of H-pyrrole nitrogens is 1. The Kier molecular flexibility index (Phi) is 2.63. The van der Waals surface area contributed by atoms with Gasteiger partial charge < -0.3 is 9.88 Å². The monoisotopic (exact) mass is 232 g/mol. The summed E-state index contributed by atoms with van der Waals surface area (Å²) in [5, 5.41) is 1.17. The van der Waals surface area contributed by atoms with Gasteiger partial charge in [-0.15, -0.1) is 0 Å². The maximum absolute atomic E-state index is 13.1. The van der Waals surface area contributed by atoms with Gasteiger partial charge in [-0.05, 0) is 56.1 Å². The molecule has 2 heterocycles. The first-order chi connectivity index (χ1) is 8.24. The average molecular weight is 232 g/mol. The van der Waals surface area contributed by atoms with Gasteiger partial charge in [-0.25, -0.2) is 4.39 Å². The standard InChI is InChI=1S/C14H17FN2/c1-17-6-2-3-10(9-17)13-8-16-14-7-11(15)4-5-12(13)14/h4-5,7-8,10,16H,2-3,6,9H2,1H3. The average Bonchev–Trinajstić information content (AvgIpc) is 2.71. The summed E-state index contributed by atoms with van der Waals surface area (Å²) >= 11 is 0. The van der Waals surface area contributed by atoms with E-state index in [2.05, 4.69) is 16.9 Å². The van der Waals surface area contributed by atoms with Crippen molar-refractivity contribution in [1.29, 1.82) is 0 Å². The van der Waals surface area contributed by atoms with Crippen LogP contribution < -0.4 is 0 Å². The number of nitrogens with zero attached hydrogens (tertiary/aromatic N) is 1. The Bertz CT molecular complexity index is 532. The van der Waals surface area contributed by atoms with Crippen LogP contribution in [0.3, 0.4) is 0 Å². The summed E-state index contributed by atoms with van der Waals surface area (Å²) < 4.78 is 13.1. The Morgan fingerprint density at radius 3 is 3.12 bits per heavy atom. The number of likely N-dealkylation sites (tertiary alicyclic amines) is 1. The molecule has 3 rings (SSSR count). The largest absolute Gasteiger partial charge is 0.361 e. The number of hydrogen-bond acceptors (Lipinski definition) is 1. The lowest BCUT2D eigenvalue weighted by Gasteiger charge is -2.29. The van der Waals surface area contributed by atoms with Crippen molar-refractivity contribution in [1.82, 2.24) is 9.88 Å². The van der Waals surface area contributed by atoms with Crippen LogP contribution in [-0.2, 0) is 0 Å². The van der Waals surface area contributed by atoms with Crippen molar-refractivity contribution in [2.24, 2.45) is 0 Å². The lowest BCUT2D eigenvalue weighted by molar-refractivity contribution is 0.251. The molecule has 0 radical (unpaired) electrons. The predicted molar refractivity (Wildman–Crippen MR) is 67.7 cm³/mol. The number of hydrogen-bond donors (Lipinski definition) is 1. The fourth-order valence-electron chi connectivity index (χ4n) is 2.88. The van der Waals surface area contributed by atoms with Crippen LogP contribution in [-0.4, -0.2) is 30.0 Å². The molecule has 1 atom stereocenters. The Balaban J connectivity index is 1.99. The predicted octanol–water partition coefficient (Wildman–Crippen LogP) is 3.12. The van der Waals surface area contributed by atoms with E-state index in [1.54, 1.807) is 12.1 Å². The first-order valence-electron chi connectivity index (χ1n) is 6.19. The molecule has 2 nitrogen and oxygen atoms in total. The number of fused-ring (bicyclic) bond motifs is 1. The Hall–Kier alpha value is -1.35. The molecule has 1 N–H and O–H groups in total. The smallest absolute Gasteiger partial charge is 0.125 e. The molecule has 0 aliphatic carbocycles. The molecular weight excluding hydrogens is 215 g/mol. The maximum atomic E-state index is 13.1. The first kappa shape index (κ1) is 10.8. The van der Waals surface area contributed by atoms with Crippen molar-refractivity contribution >= 4 is 10.9 Å². The van der Waals surface area contributed by atoms with Gasteiger partial charge in [0.15, 0.2) is 0 Å². The van der Waals surface area contributed by atoms with E-state index in [0.29, 0.717) is 5.92 Å². The molecule has 0 spiro atoms. The lowest BCUT2D eigenvalue weighted by Crippen LogP contribution is -2.30. The van der Waals surface area contributed by atoms with Gasteiger partial charge in [0, 0.05) is 23.6 Å². The molecule has 0 saturated carbocycles. The summed E-state index contributed by atoms with van der Waals surface area (Å²) in [6, 6.07) is 5.02. The zero-order chi connectivity index (χ0) is 11.8. The highest BCUT2D eigenvalue weighted by molar-refractivity contribution is 5.83. The molecule has 1 aromatic heterocycles. The molecule has 90 valence electrons. The Labute approximate surface area is 100 Å². The van der Waals surface area contributed by atoms with Crippen molar-refractivity contribution in [3.63, 3.8) is 0 Å². The van der Waals surface area contributed by atoms with Gasteiger partial charge in [0.2, 0.25) is 0 Å². The van der Waals surface area contributed by atoms with Crippen LogP contribution in [0.5, 0.6) is 0 Å². The number of piperidine rings is 1. The number of halogens is 1. The van der Waals surface area contributed by atoms with Crippen LogP contribution in [0.25, 0.3) is 10.9 Å². The lowest BCUT2D eigenvalue weighted by atomic mass is 9.90. The minimum atomic E-state index is -0.174. The summed E-state index contributed by atoms with van der Waals surface area (Å²) in [5.74, 6) is 0.402. The van der Waals surface area contributed by atoms with Crippen LogP contribution in [0.4, 0.5) is 4.39 Å². The number of likely N-dealkylation sites (N-methyl/N-ethyl adjacent to an activating group) is 1. The third-order valence-corrected chi connectivity index (χ3v) is 3.74. The molecule has 1 aliphatic heterocycles. The van der Waals surface area contributed by atoms with Crippen LogP contribution in [0.15, 0.2) is 24.4 Å². The van der Waals surface area contributed by atoms with Crippen LogP contribution in [0.1, 0.15) is 24.3 Å². The van der Waals surface area contributed by atoms with E-state index in [1.165, 1.54) is 30.3 Å². The highest BCUT2D eigenvalue weighted by Crippen LogP contribution is 2.31. The Morgan fingerprint density at radius 2 is 2.29 bits per heavy atom. The molecule has 0 bridgehead atoms. The minimum Gasteiger partial charge on any atom is -0.361 e. The number of aromatic nitrogens is 1. The molecule has 1 fully saturated rings. The normalized spacial score (nSPS) is 22.1. The zero-order valence-electron chi connectivity index (χ0n) is 10.0. The van der Waals surface area contributed by atoms with Crippen molar-refractivity contribution < 1.29 is 4.39 Å². The van der Waals surface area contributed by atoms with E-state index < -0.39 is 0 Å². The van der Waals surface area contributed by atoms with Crippen molar-refractivity contribution in [3.8, 4) is 0 Å². The molecule has 17 heavy (non-hydrogen) atoms. The second-order valence-corrected chi connectivity index (χ2v) is 5.04. The maximum Gasteiger partial charge on any atom is 0.125 e. The van der Waals surface area contributed by atoms with Crippen molar-refractivity contribution in [2.75, 3.05) is 20.1 Å². The second kappa shape index (κ2) is 4.15. The van der Waals surface area contributed by atoms with E-state index in [1.807, 2.05) is 12.3 Å². The van der Waals surface area contributed by atoms with Gasteiger partial charge in [0.1, 0.15) is 5.82 Å². The SMILES string of the molecule is CN1CCCC(c2c[nH]c3cc(F)ccc23)C1. The summed E-state index contributed by atoms with van der Waals surface area (Å²) in [4.78, 5) is 5.55. The molecule has 1 saturated heterocycles. The topological polar surface area (TPSA) is 19.0 Å². The molecule has 0 amide bonds. The van der Waals surface area contributed by atoms with Gasteiger partial charge in [-0.2, -0.15) is 0 Å². The molecule has 1 unspecified atom stereocenters. The van der Waals surface area contributed by atoms with Gasteiger partial charge in [-0.1, -0.05) is 0 Å². The molecular formula is C14H17FN2.